The average Bonchev–Trinajstić information content (AvgIpc) is 2.43. The minimum Gasteiger partial charge on any atom is -0.316 e. The summed E-state index contributed by atoms with van der Waals surface area (Å²) in [7, 11) is -1.81. The summed E-state index contributed by atoms with van der Waals surface area (Å²) in [5.41, 5.74) is 2.25. The van der Waals surface area contributed by atoms with E-state index >= 15 is 0 Å². The van der Waals surface area contributed by atoms with Crippen LogP contribution in [0.4, 0.5) is 5.69 Å². The molecule has 0 aromatic heterocycles. The molecular weight excluding hydrogens is 308 g/mol. The maximum atomic E-state index is 12.4. The highest BCUT2D eigenvalue weighted by Crippen LogP contribution is 2.22. The second-order valence-corrected chi connectivity index (χ2v) is 6.84. The molecule has 2 aromatic carbocycles. The average molecular weight is 325 g/mol. The summed E-state index contributed by atoms with van der Waals surface area (Å²) in [6.07, 6.45) is 0. The quantitative estimate of drug-likeness (QED) is 0.888. The van der Waals surface area contributed by atoms with E-state index in [4.69, 9.17) is 11.6 Å². The van der Waals surface area contributed by atoms with Crippen molar-refractivity contribution in [2.45, 2.75) is 18.4 Å². The smallest absolute Gasteiger partial charge is 0.261 e. The van der Waals surface area contributed by atoms with E-state index in [0.29, 0.717) is 17.3 Å². The molecule has 4 nitrogen and oxygen atoms in total. The van der Waals surface area contributed by atoms with E-state index in [-0.39, 0.29) is 4.90 Å². The second-order valence-electron chi connectivity index (χ2n) is 4.75. The molecule has 0 bridgehead atoms. The molecule has 0 saturated heterocycles. The molecule has 0 radical (unpaired) electrons. The molecule has 112 valence electrons. The number of nitrogens with one attached hydrogen (secondary N) is 2. The van der Waals surface area contributed by atoms with Gasteiger partial charge in [0.2, 0.25) is 0 Å². The van der Waals surface area contributed by atoms with Crippen LogP contribution >= 0.6 is 11.6 Å². The third-order valence-electron chi connectivity index (χ3n) is 3.01. The van der Waals surface area contributed by atoms with Crippen LogP contribution in [-0.2, 0) is 16.6 Å². The van der Waals surface area contributed by atoms with Crippen LogP contribution in [-0.4, -0.2) is 15.5 Å². The first kappa shape index (κ1) is 15.8. The van der Waals surface area contributed by atoms with E-state index in [1.165, 1.54) is 0 Å². The van der Waals surface area contributed by atoms with Crippen LogP contribution in [0.5, 0.6) is 0 Å². The Bertz CT molecular complexity index is 745. The third-order valence-corrected chi connectivity index (χ3v) is 4.80. The first-order valence-corrected chi connectivity index (χ1v) is 8.31. The van der Waals surface area contributed by atoms with Gasteiger partial charge in [-0.1, -0.05) is 29.8 Å². The van der Waals surface area contributed by atoms with E-state index in [9.17, 15) is 8.42 Å². The Kier molecular flexibility index (Phi) is 4.88. The Morgan fingerprint density at radius 3 is 2.57 bits per heavy atom. The number of aryl methyl sites for hydroxylation is 1. The van der Waals surface area contributed by atoms with Crippen molar-refractivity contribution in [3.63, 3.8) is 0 Å². The van der Waals surface area contributed by atoms with Crippen LogP contribution in [0, 0.1) is 6.92 Å². The summed E-state index contributed by atoms with van der Waals surface area (Å²) in [6, 6.07) is 11.9. The van der Waals surface area contributed by atoms with Gasteiger partial charge in [0.15, 0.2) is 0 Å². The van der Waals surface area contributed by atoms with Gasteiger partial charge in [0, 0.05) is 11.6 Å². The number of rotatable bonds is 5. The van der Waals surface area contributed by atoms with Crippen LogP contribution in [0.25, 0.3) is 0 Å². The Hall–Kier alpha value is -1.56. The van der Waals surface area contributed by atoms with Crippen molar-refractivity contribution in [2.75, 3.05) is 11.8 Å². The van der Waals surface area contributed by atoms with Crippen LogP contribution in [0.2, 0.25) is 5.02 Å². The number of sulfonamides is 1. The summed E-state index contributed by atoms with van der Waals surface area (Å²) < 4.78 is 27.3. The number of benzene rings is 2. The van der Waals surface area contributed by atoms with Crippen LogP contribution < -0.4 is 10.0 Å². The third kappa shape index (κ3) is 3.97. The maximum Gasteiger partial charge on any atom is 0.261 e. The molecule has 2 rings (SSSR count). The van der Waals surface area contributed by atoms with Gasteiger partial charge in [0.1, 0.15) is 0 Å². The molecule has 2 N–H and O–H groups in total. The summed E-state index contributed by atoms with van der Waals surface area (Å²) in [5.74, 6) is 0. The van der Waals surface area contributed by atoms with Gasteiger partial charge >= 0.3 is 0 Å². The Morgan fingerprint density at radius 1 is 1.14 bits per heavy atom. The molecule has 0 aliphatic heterocycles. The van der Waals surface area contributed by atoms with Gasteiger partial charge in [-0.05, 0) is 49.4 Å². The summed E-state index contributed by atoms with van der Waals surface area (Å²) in [4.78, 5) is 0.229. The van der Waals surface area contributed by atoms with Crippen molar-refractivity contribution < 1.29 is 8.42 Å². The van der Waals surface area contributed by atoms with E-state index in [1.807, 2.05) is 20.0 Å². The molecule has 0 unspecified atom stereocenters. The fraction of sp³-hybridized carbons (Fsp3) is 0.200. The lowest BCUT2D eigenvalue weighted by Crippen LogP contribution is -2.14. The van der Waals surface area contributed by atoms with E-state index in [2.05, 4.69) is 10.0 Å². The molecule has 2 aromatic rings. The van der Waals surface area contributed by atoms with Crippen LogP contribution in [0.1, 0.15) is 11.1 Å². The van der Waals surface area contributed by atoms with Gasteiger partial charge in [-0.15, -0.1) is 0 Å². The van der Waals surface area contributed by atoms with Crippen molar-refractivity contribution in [1.29, 1.82) is 0 Å². The largest absolute Gasteiger partial charge is 0.316 e. The molecule has 0 amide bonds. The van der Waals surface area contributed by atoms with Crippen LogP contribution in [0.15, 0.2) is 47.4 Å². The van der Waals surface area contributed by atoms with E-state index in [1.54, 1.807) is 36.4 Å². The van der Waals surface area contributed by atoms with E-state index < -0.39 is 10.0 Å². The number of anilines is 1. The lowest BCUT2D eigenvalue weighted by molar-refractivity contribution is 0.601. The fourth-order valence-corrected chi connectivity index (χ4v) is 3.20. The molecule has 0 spiro atoms. The van der Waals surface area contributed by atoms with Gasteiger partial charge < -0.3 is 5.32 Å². The predicted molar refractivity (Wildman–Crippen MR) is 86.2 cm³/mol. The lowest BCUT2D eigenvalue weighted by Gasteiger charge is -2.10. The highest BCUT2D eigenvalue weighted by Gasteiger charge is 2.15. The predicted octanol–water partition coefficient (Wildman–Crippen LogP) is 3.17. The highest BCUT2D eigenvalue weighted by atomic mass is 35.5. The van der Waals surface area contributed by atoms with Gasteiger partial charge in [0.05, 0.1) is 10.6 Å². The summed E-state index contributed by atoms with van der Waals surface area (Å²) >= 11 is 6.01. The maximum absolute atomic E-state index is 12.4. The first-order chi connectivity index (χ1) is 9.92. The Balaban J connectivity index is 2.29. The van der Waals surface area contributed by atoms with Crippen molar-refractivity contribution in [3.8, 4) is 0 Å². The number of hydrogen-bond donors (Lipinski definition) is 2. The zero-order chi connectivity index (χ0) is 15.5. The number of hydrogen-bond acceptors (Lipinski definition) is 3. The summed E-state index contributed by atoms with van der Waals surface area (Å²) in [5, 5.41) is 3.52. The molecule has 6 heteroatoms. The molecule has 0 aliphatic carbocycles. The fourth-order valence-electron chi connectivity index (χ4n) is 1.90. The minimum atomic E-state index is -3.62. The van der Waals surface area contributed by atoms with Crippen molar-refractivity contribution in [3.05, 3.63) is 58.6 Å². The number of halogens is 1. The zero-order valence-electron chi connectivity index (χ0n) is 11.9. The van der Waals surface area contributed by atoms with Crippen molar-refractivity contribution in [1.82, 2.24) is 5.32 Å². The van der Waals surface area contributed by atoms with Crippen molar-refractivity contribution >= 4 is 27.3 Å². The highest BCUT2D eigenvalue weighted by molar-refractivity contribution is 7.92. The Morgan fingerprint density at radius 2 is 1.90 bits per heavy atom. The normalized spacial score (nSPS) is 11.4. The lowest BCUT2D eigenvalue weighted by atomic mass is 10.2. The van der Waals surface area contributed by atoms with Gasteiger partial charge in [-0.25, -0.2) is 8.42 Å². The second kappa shape index (κ2) is 6.47. The van der Waals surface area contributed by atoms with Crippen molar-refractivity contribution in [2.24, 2.45) is 0 Å². The minimum absolute atomic E-state index is 0.229. The molecule has 0 atom stereocenters. The monoisotopic (exact) mass is 324 g/mol. The van der Waals surface area contributed by atoms with Gasteiger partial charge in [-0.2, -0.15) is 0 Å². The topological polar surface area (TPSA) is 58.2 Å². The molecule has 0 saturated carbocycles. The van der Waals surface area contributed by atoms with Gasteiger partial charge in [-0.3, -0.25) is 4.72 Å². The molecule has 0 heterocycles. The SMILES string of the molecule is CNCc1cccc(S(=O)(=O)Nc2ccc(C)c(Cl)c2)c1. The molecule has 0 aliphatic rings. The first-order valence-electron chi connectivity index (χ1n) is 6.45. The summed E-state index contributed by atoms with van der Waals surface area (Å²) in [6.45, 7) is 2.47. The van der Waals surface area contributed by atoms with Gasteiger partial charge in [0.25, 0.3) is 10.0 Å². The van der Waals surface area contributed by atoms with Crippen LogP contribution in [0.3, 0.4) is 0 Å². The molecule has 21 heavy (non-hydrogen) atoms. The standard InChI is InChI=1S/C15H17ClN2O2S/c1-11-6-7-13(9-15(11)16)18-21(19,20)14-5-3-4-12(8-14)10-17-2/h3-9,17-18H,10H2,1-2H3. The zero-order valence-corrected chi connectivity index (χ0v) is 13.4. The molecular formula is C15H17ClN2O2S. The Labute approximate surface area is 130 Å². The molecule has 0 fully saturated rings. The van der Waals surface area contributed by atoms with E-state index in [0.717, 1.165) is 11.1 Å².